The monoisotopic (exact) mass is 422 g/mol. The summed E-state index contributed by atoms with van der Waals surface area (Å²) in [5.74, 6) is 1.49. The molecule has 3 saturated heterocycles. The van der Waals surface area contributed by atoms with Gasteiger partial charge in [0.15, 0.2) is 5.13 Å². The van der Waals surface area contributed by atoms with Crippen molar-refractivity contribution in [2.75, 3.05) is 19.6 Å². The number of fused-ring (bicyclic) bond motifs is 6. The van der Waals surface area contributed by atoms with Crippen molar-refractivity contribution in [1.82, 2.24) is 19.4 Å². The van der Waals surface area contributed by atoms with Crippen molar-refractivity contribution in [3.63, 3.8) is 0 Å². The van der Waals surface area contributed by atoms with E-state index in [-0.39, 0.29) is 5.91 Å². The fourth-order valence-electron chi connectivity index (χ4n) is 6.48. The fourth-order valence-corrected chi connectivity index (χ4v) is 7.47. The van der Waals surface area contributed by atoms with Gasteiger partial charge in [0.1, 0.15) is 4.88 Å². The molecular formula is C24H30N4OS. The van der Waals surface area contributed by atoms with Crippen LogP contribution in [0.4, 0.5) is 0 Å². The number of amides is 1. The van der Waals surface area contributed by atoms with Gasteiger partial charge < -0.3 is 9.47 Å². The summed E-state index contributed by atoms with van der Waals surface area (Å²) in [6.45, 7) is 5.27. The third kappa shape index (κ3) is 2.99. The van der Waals surface area contributed by atoms with E-state index in [1.54, 1.807) is 5.57 Å². The molecular weight excluding hydrogens is 392 g/mol. The highest BCUT2D eigenvalue weighted by Crippen LogP contribution is 2.45. The average Bonchev–Trinajstić information content (AvgIpc) is 3.43. The number of rotatable bonds is 2. The molecule has 4 atom stereocenters. The summed E-state index contributed by atoms with van der Waals surface area (Å²) in [5.41, 5.74) is 2.41. The predicted octanol–water partition coefficient (Wildman–Crippen LogP) is 4.28. The molecule has 0 spiro atoms. The zero-order chi connectivity index (χ0) is 20.2. The number of carbonyl (C=O) groups is 1. The van der Waals surface area contributed by atoms with Crippen LogP contribution in [0.5, 0.6) is 0 Å². The normalized spacial score (nSPS) is 31.1. The number of likely N-dealkylation sites (tertiary alicyclic amines) is 1. The Morgan fingerprint density at radius 2 is 2.03 bits per heavy atom. The second-order valence-corrected chi connectivity index (χ2v) is 10.5. The molecule has 0 N–H and O–H groups in total. The molecule has 1 amide bonds. The van der Waals surface area contributed by atoms with Crippen LogP contribution in [0, 0.1) is 18.8 Å². The number of hydrogen-bond donors (Lipinski definition) is 0. The first kappa shape index (κ1) is 18.8. The molecule has 0 saturated carbocycles. The van der Waals surface area contributed by atoms with Crippen molar-refractivity contribution < 1.29 is 4.79 Å². The van der Waals surface area contributed by atoms with Gasteiger partial charge in [-0.1, -0.05) is 29.4 Å². The number of thiazole rings is 1. The third-order valence-corrected chi connectivity index (χ3v) is 8.88. The van der Waals surface area contributed by atoms with E-state index >= 15 is 0 Å². The lowest BCUT2D eigenvalue weighted by Gasteiger charge is -2.54. The average molecular weight is 423 g/mol. The Morgan fingerprint density at radius 3 is 2.90 bits per heavy atom. The Balaban J connectivity index is 1.31. The Hall–Kier alpha value is -1.92. The summed E-state index contributed by atoms with van der Waals surface area (Å²) >= 11 is 1.53. The molecule has 4 aliphatic rings. The highest BCUT2D eigenvalue weighted by Gasteiger charge is 2.47. The van der Waals surface area contributed by atoms with Gasteiger partial charge in [0.25, 0.3) is 5.91 Å². The molecule has 6 heteroatoms. The highest BCUT2D eigenvalue weighted by molar-refractivity contribution is 7.16. The molecule has 1 aliphatic carbocycles. The number of piperidine rings is 3. The zero-order valence-corrected chi connectivity index (χ0v) is 18.5. The van der Waals surface area contributed by atoms with E-state index < -0.39 is 0 Å². The summed E-state index contributed by atoms with van der Waals surface area (Å²) in [4.78, 5) is 24.2. The second kappa shape index (κ2) is 7.34. The Kier molecular flexibility index (Phi) is 4.61. The SMILES string of the molecule is Cc1nc(-n2cccc2)sc1C(=O)N1CCCC2=C[C@@H]3C[C@@H](CN4CCCCC34)C21. The zero-order valence-electron chi connectivity index (χ0n) is 17.7. The minimum atomic E-state index is 0.193. The predicted molar refractivity (Wildman–Crippen MR) is 119 cm³/mol. The molecule has 5 nitrogen and oxygen atoms in total. The number of nitrogens with zero attached hydrogens (tertiary/aromatic N) is 4. The van der Waals surface area contributed by atoms with Crippen LogP contribution in [0.3, 0.4) is 0 Å². The molecule has 158 valence electrons. The molecule has 2 aromatic rings. The fraction of sp³-hybridized carbons (Fsp3) is 0.583. The van der Waals surface area contributed by atoms with Crippen LogP contribution < -0.4 is 0 Å². The van der Waals surface area contributed by atoms with E-state index in [1.165, 1.54) is 56.5 Å². The van der Waals surface area contributed by atoms with Crippen LogP contribution in [0.25, 0.3) is 5.13 Å². The van der Waals surface area contributed by atoms with Crippen LogP contribution in [-0.2, 0) is 0 Å². The van der Waals surface area contributed by atoms with Gasteiger partial charge in [-0.25, -0.2) is 4.98 Å². The van der Waals surface area contributed by atoms with E-state index in [0.29, 0.717) is 17.9 Å². The quantitative estimate of drug-likeness (QED) is 0.679. The number of carbonyl (C=O) groups excluding carboxylic acids is 1. The standard InChI is InChI=1S/C24H30N4OS/c1-16-22(30-24(25-16)26-9-4-5-10-26)23(29)28-12-6-7-17-13-18-14-19(21(17)28)15-27-11-3-2-8-20(18)27/h4-5,9-10,13,18-21H,2-3,6-8,11-12,14-15H2,1H3/t18-,19+,20?,21?/m1/s1. The van der Waals surface area contributed by atoms with Gasteiger partial charge in [-0.15, -0.1) is 0 Å². The van der Waals surface area contributed by atoms with Gasteiger partial charge in [-0.05, 0) is 69.5 Å². The number of hydrogen-bond acceptors (Lipinski definition) is 4. The van der Waals surface area contributed by atoms with Crippen LogP contribution in [0.2, 0.25) is 0 Å². The first-order valence-corrected chi connectivity index (χ1v) is 12.4. The summed E-state index contributed by atoms with van der Waals surface area (Å²) in [5, 5.41) is 0.881. The summed E-state index contributed by atoms with van der Waals surface area (Å²) in [6.07, 6.45) is 14.2. The molecule has 2 bridgehead atoms. The second-order valence-electron chi connectivity index (χ2n) is 9.51. The van der Waals surface area contributed by atoms with Crippen LogP contribution in [0.1, 0.15) is 53.9 Å². The van der Waals surface area contributed by atoms with Gasteiger partial charge in [0, 0.05) is 31.5 Å². The van der Waals surface area contributed by atoms with Crippen molar-refractivity contribution >= 4 is 17.2 Å². The lowest BCUT2D eigenvalue weighted by atomic mass is 9.68. The maximum atomic E-state index is 13.7. The summed E-state index contributed by atoms with van der Waals surface area (Å²) in [6, 6.07) is 5.04. The molecule has 3 fully saturated rings. The van der Waals surface area contributed by atoms with E-state index in [4.69, 9.17) is 4.98 Å². The van der Waals surface area contributed by atoms with E-state index in [1.807, 2.05) is 36.0 Å². The topological polar surface area (TPSA) is 41.4 Å². The summed E-state index contributed by atoms with van der Waals surface area (Å²) in [7, 11) is 0. The van der Waals surface area contributed by atoms with Gasteiger partial charge >= 0.3 is 0 Å². The molecule has 2 aromatic heterocycles. The molecule has 2 unspecified atom stereocenters. The highest BCUT2D eigenvalue weighted by atomic mass is 32.1. The van der Waals surface area contributed by atoms with Gasteiger partial charge in [0.05, 0.1) is 11.7 Å². The minimum absolute atomic E-state index is 0.193. The van der Waals surface area contributed by atoms with Gasteiger partial charge in [-0.3, -0.25) is 9.69 Å². The Morgan fingerprint density at radius 1 is 1.17 bits per heavy atom. The Bertz CT molecular complexity index is 978. The van der Waals surface area contributed by atoms with Crippen molar-refractivity contribution in [3.8, 4) is 5.13 Å². The van der Waals surface area contributed by atoms with Gasteiger partial charge in [-0.2, -0.15) is 0 Å². The maximum absolute atomic E-state index is 13.7. The van der Waals surface area contributed by atoms with E-state index in [0.717, 1.165) is 34.7 Å². The van der Waals surface area contributed by atoms with E-state index in [9.17, 15) is 4.79 Å². The first-order chi connectivity index (χ1) is 14.7. The van der Waals surface area contributed by atoms with E-state index in [2.05, 4.69) is 15.9 Å². The number of aryl methyl sites for hydroxylation is 1. The molecule has 6 rings (SSSR count). The molecule has 30 heavy (non-hydrogen) atoms. The van der Waals surface area contributed by atoms with Crippen molar-refractivity contribution in [1.29, 1.82) is 0 Å². The van der Waals surface area contributed by atoms with Crippen LogP contribution in [0.15, 0.2) is 36.2 Å². The van der Waals surface area contributed by atoms with Crippen molar-refractivity contribution in [3.05, 3.63) is 46.7 Å². The van der Waals surface area contributed by atoms with Crippen LogP contribution in [-0.4, -0.2) is 57.0 Å². The Labute approximate surface area is 182 Å². The summed E-state index contributed by atoms with van der Waals surface area (Å²) < 4.78 is 2.00. The maximum Gasteiger partial charge on any atom is 0.266 e. The molecule has 3 aliphatic heterocycles. The van der Waals surface area contributed by atoms with Crippen molar-refractivity contribution in [2.24, 2.45) is 11.8 Å². The lowest BCUT2D eigenvalue weighted by molar-refractivity contribution is 0.00159. The van der Waals surface area contributed by atoms with Crippen LogP contribution >= 0.6 is 11.3 Å². The van der Waals surface area contributed by atoms with Gasteiger partial charge in [0.2, 0.25) is 0 Å². The molecule has 0 radical (unpaired) electrons. The third-order valence-electron chi connectivity index (χ3n) is 7.72. The largest absolute Gasteiger partial charge is 0.331 e. The molecule has 5 heterocycles. The molecule has 0 aromatic carbocycles. The number of aromatic nitrogens is 2. The first-order valence-electron chi connectivity index (χ1n) is 11.6. The lowest BCUT2D eigenvalue weighted by Crippen LogP contribution is -2.60. The minimum Gasteiger partial charge on any atom is -0.331 e. The smallest absolute Gasteiger partial charge is 0.266 e. The van der Waals surface area contributed by atoms with Crippen molar-refractivity contribution in [2.45, 2.75) is 57.5 Å².